The van der Waals surface area contributed by atoms with Crippen molar-refractivity contribution < 1.29 is 14.3 Å². The standard InChI is InChI=1S/C18H20N6O3/c1-27-15-5-4-12(10-13(15)16(25)20-7-2-6-19)22-17(26)14-11-24-9-3-8-21-18(24)23-14/h3-5,8-11H,2,6-7,19H2,1H3,(H,20,25)(H,22,26). The van der Waals surface area contributed by atoms with Crippen molar-refractivity contribution >= 4 is 23.3 Å². The summed E-state index contributed by atoms with van der Waals surface area (Å²) < 4.78 is 6.89. The van der Waals surface area contributed by atoms with Crippen LogP contribution in [-0.4, -0.2) is 46.4 Å². The van der Waals surface area contributed by atoms with E-state index in [2.05, 4.69) is 20.6 Å². The Bertz CT molecular complexity index is 936. The summed E-state index contributed by atoms with van der Waals surface area (Å²) >= 11 is 0. The minimum absolute atomic E-state index is 0.221. The number of nitrogens with zero attached hydrogens (tertiary/aromatic N) is 3. The zero-order valence-electron chi connectivity index (χ0n) is 14.8. The van der Waals surface area contributed by atoms with Crippen LogP contribution in [0.4, 0.5) is 5.69 Å². The van der Waals surface area contributed by atoms with Crippen LogP contribution in [0.25, 0.3) is 5.78 Å². The predicted octanol–water partition coefficient (Wildman–Crippen LogP) is 1.07. The van der Waals surface area contributed by atoms with Crippen molar-refractivity contribution in [3.05, 3.63) is 54.1 Å². The van der Waals surface area contributed by atoms with Crippen LogP contribution in [-0.2, 0) is 0 Å². The second kappa shape index (κ2) is 8.28. The molecule has 0 atom stereocenters. The maximum atomic E-state index is 12.5. The van der Waals surface area contributed by atoms with E-state index in [1.807, 2.05) is 0 Å². The SMILES string of the molecule is COc1ccc(NC(=O)c2cn3cccnc3n2)cc1C(=O)NCCCN. The number of fused-ring (bicyclic) bond motifs is 1. The molecule has 140 valence electrons. The van der Waals surface area contributed by atoms with Gasteiger partial charge in [-0.3, -0.25) is 14.0 Å². The van der Waals surface area contributed by atoms with Crippen molar-refractivity contribution in [2.75, 3.05) is 25.5 Å². The molecule has 0 aliphatic heterocycles. The number of hydrogen-bond acceptors (Lipinski definition) is 6. The van der Waals surface area contributed by atoms with Crippen LogP contribution < -0.4 is 21.1 Å². The Balaban J connectivity index is 1.78. The predicted molar refractivity (Wildman–Crippen MR) is 99.9 cm³/mol. The quantitative estimate of drug-likeness (QED) is 0.536. The fourth-order valence-corrected chi connectivity index (χ4v) is 2.50. The molecule has 0 saturated carbocycles. The number of ether oxygens (including phenoxy) is 1. The summed E-state index contributed by atoms with van der Waals surface area (Å²) in [5.74, 6) is 0.140. The van der Waals surface area contributed by atoms with E-state index in [9.17, 15) is 9.59 Å². The van der Waals surface area contributed by atoms with E-state index in [0.717, 1.165) is 0 Å². The first-order chi connectivity index (χ1) is 13.1. The molecule has 27 heavy (non-hydrogen) atoms. The molecule has 9 nitrogen and oxygen atoms in total. The molecule has 0 aliphatic carbocycles. The number of aromatic nitrogens is 3. The van der Waals surface area contributed by atoms with Crippen LogP contribution in [0.15, 0.2) is 42.9 Å². The van der Waals surface area contributed by atoms with Crippen molar-refractivity contribution in [3.63, 3.8) is 0 Å². The lowest BCUT2D eigenvalue weighted by molar-refractivity contribution is 0.0949. The lowest BCUT2D eigenvalue weighted by Crippen LogP contribution is -2.26. The smallest absolute Gasteiger partial charge is 0.275 e. The van der Waals surface area contributed by atoms with Crippen molar-refractivity contribution in [1.29, 1.82) is 0 Å². The average Bonchev–Trinajstić information content (AvgIpc) is 3.12. The molecular formula is C18H20N6O3. The molecule has 0 radical (unpaired) electrons. The van der Waals surface area contributed by atoms with E-state index >= 15 is 0 Å². The fraction of sp³-hybridized carbons (Fsp3) is 0.222. The number of benzene rings is 1. The van der Waals surface area contributed by atoms with Gasteiger partial charge in [0.25, 0.3) is 11.8 Å². The highest BCUT2D eigenvalue weighted by Gasteiger charge is 2.16. The van der Waals surface area contributed by atoms with Crippen molar-refractivity contribution in [3.8, 4) is 5.75 Å². The molecule has 0 unspecified atom stereocenters. The highest BCUT2D eigenvalue weighted by molar-refractivity contribution is 6.04. The van der Waals surface area contributed by atoms with Gasteiger partial charge >= 0.3 is 0 Å². The molecule has 2 aromatic heterocycles. The number of nitrogens with one attached hydrogen (secondary N) is 2. The monoisotopic (exact) mass is 368 g/mol. The fourth-order valence-electron chi connectivity index (χ4n) is 2.50. The number of carbonyl (C=O) groups excluding carboxylic acids is 2. The van der Waals surface area contributed by atoms with Gasteiger partial charge in [-0.25, -0.2) is 9.97 Å². The van der Waals surface area contributed by atoms with Crippen LogP contribution in [0, 0.1) is 0 Å². The second-order valence-electron chi connectivity index (χ2n) is 5.72. The van der Waals surface area contributed by atoms with Crippen LogP contribution in [0.3, 0.4) is 0 Å². The van der Waals surface area contributed by atoms with Crippen LogP contribution in [0.2, 0.25) is 0 Å². The number of hydrogen-bond donors (Lipinski definition) is 3. The summed E-state index contributed by atoms with van der Waals surface area (Å²) in [5, 5.41) is 5.50. The van der Waals surface area contributed by atoms with Gasteiger partial charge in [-0.05, 0) is 37.2 Å². The molecule has 3 aromatic rings. The first-order valence-electron chi connectivity index (χ1n) is 8.39. The summed E-state index contributed by atoms with van der Waals surface area (Å²) in [6.07, 6.45) is 5.61. The van der Waals surface area contributed by atoms with Crippen LogP contribution >= 0.6 is 0 Å². The second-order valence-corrected chi connectivity index (χ2v) is 5.72. The Morgan fingerprint density at radius 2 is 2.15 bits per heavy atom. The van der Waals surface area contributed by atoms with E-state index in [1.165, 1.54) is 7.11 Å². The third-order valence-electron chi connectivity index (χ3n) is 3.84. The van der Waals surface area contributed by atoms with Gasteiger partial charge in [-0.2, -0.15) is 0 Å². The molecule has 0 spiro atoms. The molecule has 0 fully saturated rings. The van der Waals surface area contributed by atoms with Gasteiger partial charge in [0.05, 0.1) is 12.7 Å². The molecule has 9 heteroatoms. The van der Waals surface area contributed by atoms with E-state index in [0.29, 0.717) is 42.3 Å². The first kappa shape index (κ1) is 18.3. The molecule has 2 heterocycles. The number of imidazole rings is 1. The zero-order chi connectivity index (χ0) is 19.2. The van der Waals surface area contributed by atoms with Crippen molar-refractivity contribution in [1.82, 2.24) is 19.7 Å². The van der Waals surface area contributed by atoms with E-state index in [1.54, 1.807) is 47.3 Å². The Kier molecular flexibility index (Phi) is 5.62. The Morgan fingerprint density at radius 3 is 2.89 bits per heavy atom. The third kappa shape index (κ3) is 4.21. The summed E-state index contributed by atoms with van der Waals surface area (Å²) in [6.45, 7) is 0.949. The van der Waals surface area contributed by atoms with Gasteiger partial charge in [-0.1, -0.05) is 0 Å². The van der Waals surface area contributed by atoms with Gasteiger partial charge in [0, 0.05) is 30.8 Å². The Hall–Kier alpha value is -3.46. The lowest BCUT2D eigenvalue weighted by atomic mass is 10.1. The van der Waals surface area contributed by atoms with Gasteiger partial charge < -0.3 is 21.1 Å². The number of anilines is 1. The maximum absolute atomic E-state index is 12.5. The van der Waals surface area contributed by atoms with E-state index in [4.69, 9.17) is 10.5 Å². The van der Waals surface area contributed by atoms with Gasteiger partial charge in [-0.15, -0.1) is 0 Å². The summed E-state index contributed by atoms with van der Waals surface area (Å²) in [6, 6.07) is 6.58. The van der Waals surface area contributed by atoms with Crippen LogP contribution in [0.5, 0.6) is 5.75 Å². The van der Waals surface area contributed by atoms with Gasteiger partial charge in [0.2, 0.25) is 5.78 Å². The number of rotatable bonds is 7. The van der Waals surface area contributed by atoms with E-state index < -0.39 is 5.91 Å². The molecule has 2 amide bonds. The first-order valence-corrected chi connectivity index (χ1v) is 8.39. The Morgan fingerprint density at radius 1 is 1.30 bits per heavy atom. The summed E-state index contributed by atoms with van der Waals surface area (Å²) in [5.41, 5.74) is 6.43. The molecule has 4 N–H and O–H groups in total. The van der Waals surface area contributed by atoms with Crippen molar-refractivity contribution in [2.24, 2.45) is 5.73 Å². The third-order valence-corrected chi connectivity index (χ3v) is 3.84. The largest absolute Gasteiger partial charge is 0.496 e. The summed E-state index contributed by atoms with van der Waals surface area (Å²) in [7, 11) is 1.48. The molecule has 0 bridgehead atoms. The van der Waals surface area contributed by atoms with Gasteiger partial charge in [0.1, 0.15) is 11.4 Å². The highest BCUT2D eigenvalue weighted by Crippen LogP contribution is 2.23. The minimum Gasteiger partial charge on any atom is -0.496 e. The van der Waals surface area contributed by atoms with Crippen molar-refractivity contribution in [2.45, 2.75) is 6.42 Å². The molecule has 0 saturated heterocycles. The number of amides is 2. The zero-order valence-corrected chi connectivity index (χ0v) is 14.8. The average molecular weight is 368 g/mol. The maximum Gasteiger partial charge on any atom is 0.275 e. The molecule has 1 aromatic carbocycles. The highest BCUT2D eigenvalue weighted by atomic mass is 16.5. The minimum atomic E-state index is -0.403. The molecular weight excluding hydrogens is 348 g/mol. The topological polar surface area (TPSA) is 124 Å². The lowest BCUT2D eigenvalue weighted by Gasteiger charge is -2.11. The van der Waals surface area contributed by atoms with Gasteiger partial charge in [0.15, 0.2) is 0 Å². The van der Waals surface area contributed by atoms with E-state index in [-0.39, 0.29) is 11.6 Å². The number of nitrogens with two attached hydrogens (primary N) is 1. The Labute approximate surface area is 155 Å². The molecule has 0 aliphatic rings. The normalized spacial score (nSPS) is 10.6. The number of carbonyl (C=O) groups is 2. The summed E-state index contributed by atoms with van der Waals surface area (Å²) in [4.78, 5) is 33.1. The molecule has 3 rings (SSSR count). The number of methoxy groups -OCH3 is 1. The van der Waals surface area contributed by atoms with Crippen LogP contribution in [0.1, 0.15) is 27.3 Å².